The summed E-state index contributed by atoms with van der Waals surface area (Å²) >= 11 is 0. The van der Waals surface area contributed by atoms with Crippen molar-refractivity contribution in [2.24, 2.45) is 11.7 Å². The second kappa shape index (κ2) is 5.14. The number of nitro groups is 1. The van der Waals surface area contributed by atoms with Gasteiger partial charge in [-0.1, -0.05) is 12.1 Å². The van der Waals surface area contributed by atoms with Crippen LogP contribution in [0.1, 0.15) is 19.3 Å². The van der Waals surface area contributed by atoms with E-state index in [9.17, 15) is 14.9 Å². The van der Waals surface area contributed by atoms with Gasteiger partial charge in [0.05, 0.1) is 4.92 Å². The van der Waals surface area contributed by atoms with E-state index in [0.717, 1.165) is 12.8 Å². The van der Waals surface area contributed by atoms with E-state index in [4.69, 9.17) is 5.73 Å². The van der Waals surface area contributed by atoms with Gasteiger partial charge in [-0.25, -0.2) is 0 Å². The predicted octanol–water partition coefficient (Wildman–Crippen LogP) is 1.66. The Morgan fingerprint density at radius 1 is 1.39 bits per heavy atom. The van der Waals surface area contributed by atoms with E-state index in [-0.39, 0.29) is 29.2 Å². The summed E-state index contributed by atoms with van der Waals surface area (Å²) < 4.78 is 0. The number of nitrogens with zero attached hydrogens (tertiary/aromatic N) is 1. The maximum atomic E-state index is 11.9. The lowest BCUT2D eigenvalue weighted by atomic mass is 10.1. The third-order valence-electron chi connectivity index (χ3n) is 3.20. The lowest BCUT2D eigenvalue weighted by Gasteiger charge is -2.10. The number of hydrogen-bond acceptors (Lipinski definition) is 4. The van der Waals surface area contributed by atoms with Crippen molar-refractivity contribution in [2.75, 3.05) is 5.32 Å². The minimum absolute atomic E-state index is 0.0616. The van der Waals surface area contributed by atoms with Crippen LogP contribution in [0.4, 0.5) is 11.4 Å². The molecule has 0 heterocycles. The van der Waals surface area contributed by atoms with Crippen LogP contribution in [0.25, 0.3) is 0 Å². The first-order valence-corrected chi connectivity index (χ1v) is 5.88. The molecule has 1 aromatic carbocycles. The molecule has 1 saturated carbocycles. The van der Waals surface area contributed by atoms with Gasteiger partial charge in [-0.15, -0.1) is 0 Å². The average molecular weight is 249 g/mol. The monoisotopic (exact) mass is 249 g/mol. The first kappa shape index (κ1) is 12.5. The van der Waals surface area contributed by atoms with Gasteiger partial charge in [0, 0.05) is 18.0 Å². The molecule has 1 aliphatic carbocycles. The Labute approximate surface area is 104 Å². The van der Waals surface area contributed by atoms with Crippen LogP contribution in [0.3, 0.4) is 0 Å². The number of nitrogens with two attached hydrogens (primary N) is 1. The Kier molecular flexibility index (Phi) is 3.57. The summed E-state index contributed by atoms with van der Waals surface area (Å²) in [6.07, 6.45) is 2.22. The van der Waals surface area contributed by atoms with Crippen molar-refractivity contribution in [2.45, 2.75) is 25.3 Å². The summed E-state index contributed by atoms with van der Waals surface area (Å²) in [6, 6.07) is 6.19. The quantitative estimate of drug-likeness (QED) is 0.628. The number of nitrogens with one attached hydrogen (secondary N) is 1. The molecule has 6 nitrogen and oxygen atoms in total. The number of carbonyl (C=O) groups excluding carboxylic acids is 1. The van der Waals surface area contributed by atoms with Gasteiger partial charge >= 0.3 is 0 Å². The molecule has 3 N–H and O–H groups in total. The third kappa shape index (κ3) is 2.65. The molecule has 18 heavy (non-hydrogen) atoms. The fraction of sp³-hybridized carbons (Fsp3) is 0.417. The maximum absolute atomic E-state index is 11.9. The lowest BCUT2D eigenvalue weighted by Crippen LogP contribution is -2.23. The van der Waals surface area contributed by atoms with Crippen molar-refractivity contribution in [1.82, 2.24) is 0 Å². The number of anilines is 1. The van der Waals surface area contributed by atoms with Gasteiger partial charge in [0.1, 0.15) is 5.69 Å². The molecule has 1 amide bonds. The summed E-state index contributed by atoms with van der Waals surface area (Å²) in [5, 5.41) is 13.4. The van der Waals surface area contributed by atoms with E-state index in [0.29, 0.717) is 6.42 Å². The fourth-order valence-corrected chi connectivity index (χ4v) is 2.23. The Balaban J connectivity index is 2.09. The first-order chi connectivity index (χ1) is 8.58. The van der Waals surface area contributed by atoms with E-state index in [1.807, 2.05) is 0 Å². The van der Waals surface area contributed by atoms with Crippen LogP contribution in [0.15, 0.2) is 24.3 Å². The standard InChI is InChI=1S/C12H15N3O3/c13-9-6-5-8(7-9)12(16)14-10-3-1-2-4-11(10)15(17)18/h1-4,8-9H,5-7,13H2,(H,14,16). The maximum Gasteiger partial charge on any atom is 0.292 e. The Morgan fingerprint density at radius 2 is 2.11 bits per heavy atom. The average Bonchev–Trinajstić information content (AvgIpc) is 2.76. The molecule has 2 rings (SSSR count). The minimum Gasteiger partial charge on any atom is -0.328 e. The fourth-order valence-electron chi connectivity index (χ4n) is 2.23. The molecule has 0 spiro atoms. The van der Waals surface area contributed by atoms with Gasteiger partial charge < -0.3 is 11.1 Å². The van der Waals surface area contributed by atoms with Gasteiger partial charge in [0.2, 0.25) is 5.91 Å². The largest absolute Gasteiger partial charge is 0.328 e. The molecule has 2 unspecified atom stereocenters. The Hall–Kier alpha value is -1.95. The Bertz CT molecular complexity index is 475. The van der Waals surface area contributed by atoms with E-state index in [2.05, 4.69) is 5.32 Å². The zero-order chi connectivity index (χ0) is 13.1. The normalized spacial score (nSPS) is 22.7. The highest BCUT2D eigenvalue weighted by molar-refractivity contribution is 5.94. The van der Waals surface area contributed by atoms with Crippen LogP contribution in [0.5, 0.6) is 0 Å². The summed E-state index contributed by atoms with van der Waals surface area (Å²) in [5.41, 5.74) is 5.90. The summed E-state index contributed by atoms with van der Waals surface area (Å²) in [6.45, 7) is 0. The summed E-state index contributed by atoms with van der Waals surface area (Å²) in [7, 11) is 0. The minimum atomic E-state index is -0.504. The van der Waals surface area contributed by atoms with Crippen LogP contribution < -0.4 is 11.1 Å². The summed E-state index contributed by atoms with van der Waals surface area (Å²) in [4.78, 5) is 22.3. The van der Waals surface area contributed by atoms with Crippen molar-refractivity contribution in [3.8, 4) is 0 Å². The van der Waals surface area contributed by atoms with E-state index >= 15 is 0 Å². The zero-order valence-corrected chi connectivity index (χ0v) is 9.83. The van der Waals surface area contributed by atoms with Crippen molar-refractivity contribution >= 4 is 17.3 Å². The number of carbonyl (C=O) groups is 1. The van der Waals surface area contributed by atoms with Gasteiger partial charge in [0.15, 0.2) is 0 Å². The number of hydrogen-bond donors (Lipinski definition) is 2. The van der Waals surface area contributed by atoms with Crippen LogP contribution in [0, 0.1) is 16.0 Å². The van der Waals surface area contributed by atoms with Gasteiger partial charge in [0.25, 0.3) is 5.69 Å². The van der Waals surface area contributed by atoms with Crippen LogP contribution >= 0.6 is 0 Å². The molecule has 2 atom stereocenters. The molecule has 0 radical (unpaired) electrons. The highest BCUT2D eigenvalue weighted by Gasteiger charge is 2.28. The second-order valence-corrected chi connectivity index (χ2v) is 4.53. The van der Waals surface area contributed by atoms with Crippen molar-refractivity contribution in [3.05, 3.63) is 34.4 Å². The topological polar surface area (TPSA) is 98.3 Å². The number of rotatable bonds is 3. The summed E-state index contributed by atoms with van der Waals surface area (Å²) in [5.74, 6) is -0.322. The first-order valence-electron chi connectivity index (χ1n) is 5.88. The van der Waals surface area contributed by atoms with Crippen molar-refractivity contribution in [1.29, 1.82) is 0 Å². The molecule has 0 bridgehead atoms. The zero-order valence-electron chi connectivity index (χ0n) is 9.83. The van der Waals surface area contributed by atoms with Crippen molar-refractivity contribution in [3.63, 3.8) is 0 Å². The predicted molar refractivity (Wildman–Crippen MR) is 67.0 cm³/mol. The van der Waals surface area contributed by atoms with Gasteiger partial charge in [-0.2, -0.15) is 0 Å². The van der Waals surface area contributed by atoms with E-state index in [1.54, 1.807) is 12.1 Å². The molecular formula is C12H15N3O3. The molecule has 0 aliphatic heterocycles. The molecule has 1 aliphatic rings. The number of benzene rings is 1. The van der Waals surface area contributed by atoms with Gasteiger partial charge in [-0.3, -0.25) is 14.9 Å². The molecule has 96 valence electrons. The van der Waals surface area contributed by atoms with Crippen molar-refractivity contribution < 1.29 is 9.72 Å². The highest BCUT2D eigenvalue weighted by atomic mass is 16.6. The van der Waals surface area contributed by atoms with E-state index < -0.39 is 4.92 Å². The van der Waals surface area contributed by atoms with E-state index in [1.165, 1.54) is 12.1 Å². The number of para-hydroxylation sites is 2. The molecular weight excluding hydrogens is 234 g/mol. The smallest absolute Gasteiger partial charge is 0.292 e. The molecule has 0 aromatic heterocycles. The van der Waals surface area contributed by atoms with Gasteiger partial charge in [-0.05, 0) is 25.3 Å². The number of nitro benzene ring substituents is 1. The molecule has 6 heteroatoms. The lowest BCUT2D eigenvalue weighted by molar-refractivity contribution is -0.383. The molecule has 1 aromatic rings. The molecule has 0 saturated heterocycles. The molecule has 1 fully saturated rings. The third-order valence-corrected chi connectivity index (χ3v) is 3.20. The number of amides is 1. The second-order valence-electron chi connectivity index (χ2n) is 4.53. The highest BCUT2D eigenvalue weighted by Crippen LogP contribution is 2.28. The SMILES string of the molecule is NC1CCC(C(=O)Nc2ccccc2[N+](=O)[O-])C1. The van der Waals surface area contributed by atoms with Crippen LogP contribution in [-0.4, -0.2) is 16.9 Å². The van der Waals surface area contributed by atoms with Crippen LogP contribution in [0.2, 0.25) is 0 Å². The van der Waals surface area contributed by atoms with Crippen LogP contribution in [-0.2, 0) is 4.79 Å². The Morgan fingerprint density at radius 3 is 2.72 bits per heavy atom.